The second-order valence-electron chi connectivity index (χ2n) is 6.29. The van der Waals surface area contributed by atoms with Crippen LogP contribution in [0.5, 0.6) is 5.75 Å². The van der Waals surface area contributed by atoms with Crippen LogP contribution >= 0.6 is 0 Å². The Morgan fingerprint density at radius 2 is 1.56 bits per heavy atom. The Labute approximate surface area is 147 Å². The molecule has 0 amide bonds. The van der Waals surface area contributed by atoms with Crippen molar-refractivity contribution in [2.75, 3.05) is 5.32 Å². The maximum atomic E-state index is 13.1. The molecule has 0 fully saturated rings. The molecule has 2 atom stereocenters. The molecule has 0 aromatic heterocycles. The van der Waals surface area contributed by atoms with Crippen LogP contribution in [0.2, 0.25) is 0 Å². The maximum Gasteiger partial charge on any atom is 0.205 e. The highest BCUT2D eigenvalue weighted by Crippen LogP contribution is 2.39. The summed E-state index contributed by atoms with van der Waals surface area (Å²) < 4.78 is 6.03. The predicted octanol–water partition coefficient (Wildman–Crippen LogP) is 4.79. The van der Waals surface area contributed by atoms with Crippen molar-refractivity contribution in [3.63, 3.8) is 0 Å². The van der Waals surface area contributed by atoms with E-state index in [1.54, 1.807) is 0 Å². The smallest absolute Gasteiger partial charge is 0.205 e. The summed E-state index contributed by atoms with van der Waals surface area (Å²) >= 11 is 0. The highest BCUT2D eigenvalue weighted by Gasteiger charge is 2.39. The molecule has 1 N–H and O–H groups in total. The summed E-state index contributed by atoms with van der Waals surface area (Å²) in [4.78, 5) is 13.1. The third-order valence-electron chi connectivity index (χ3n) is 4.50. The Morgan fingerprint density at radius 3 is 2.32 bits per heavy atom. The molecule has 1 aliphatic rings. The molecule has 0 spiro atoms. The first kappa shape index (κ1) is 15.5. The number of ketones is 1. The van der Waals surface area contributed by atoms with Crippen molar-refractivity contribution in [2.45, 2.75) is 19.1 Å². The van der Waals surface area contributed by atoms with E-state index in [0.29, 0.717) is 5.56 Å². The molecule has 1 aliphatic heterocycles. The van der Waals surface area contributed by atoms with Gasteiger partial charge in [-0.3, -0.25) is 4.79 Å². The Hall–Kier alpha value is -3.07. The van der Waals surface area contributed by atoms with E-state index < -0.39 is 6.10 Å². The number of aryl methyl sites for hydroxylation is 1. The quantitative estimate of drug-likeness (QED) is 0.699. The minimum absolute atomic E-state index is 0.00960. The lowest BCUT2D eigenvalue weighted by atomic mass is 9.96. The minimum Gasteiger partial charge on any atom is -0.479 e. The fraction of sp³-hybridized carbons (Fsp3) is 0.136. The Morgan fingerprint density at radius 1 is 0.880 bits per heavy atom. The van der Waals surface area contributed by atoms with E-state index in [1.807, 2.05) is 85.8 Å². The van der Waals surface area contributed by atoms with Gasteiger partial charge in [0.15, 0.2) is 6.10 Å². The molecule has 3 heteroatoms. The molecule has 0 radical (unpaired) electrons. The zero-order valence-corrected chi connectivity index (χ0v) is 14.0. The molecule has 3 aromatic rings. The third-order valence-corrected chi connectivity index (χ3v) is 4.50. The van der Waals surface area contributed by atoms with E-state index in [-0.39, 0.29) is 11.8 Å². The van der Waals surface area contributed by atoms with Crippen LogP contribution < -0.4 is 10.1 Å². The normalized spacial score (nSPS) is 18.3. The molecule has 1 heterocycles. The Kier molecular flexibility index (Phi) is 3.98. The fourth-order valence-corrected chi connectivity index (χ4v) is 3.17. The number of fused-ring (bicyclic) bond motifs is 1. The standard InChI is InChI=1S/C22H19NO2/c1-15-11-13-16(14-12-15)21(24)22-20(23-17-7-3-2-4-8-17)18-9-5-6-10-19(18)25-22/h2-14,20,22-23H,1H3. The molecule has 0 bridgehead atoms. The largest absolute Gasteiger partial charge is 0.479 e. The number of para-hydroxylation sites is 2. The number of carbonyl (C=O) groups is 1. The predicted molar refractivity (Wildman–Crippen MR) is 99.2 cm³/mol. The van der Waals surface area contributed by atoms with Crippen LogP contribution in [0.4, 0.5) is 5.69 Å². The summed E-state index contributed by atoms with van der Waals surface area (Å²) in [6.45, 7) is 2.01. The molecule has 0 saturated carbocycles. The zero-order valence-electron chi connectivity index (χ0n) is 14.0. The minimum atomic E-state index is -0.583. The van der Waals surface area contributed by atoms with Crippen LogP contribution in [-0.2, 0) is 0 Å². The molecule has 2 unspecified atom stereocenters. The van der Waals surface area contributed by atoms with Gasteiger partial charge in [0.2, 0.25) is 5.78 Å². The Bertz CT molecular complexity index is 887. The second kappa shape index (κ2) is 6.44. The molecule has 4 rings (SSSR count). The summed E-state index contributed by atoms with van der Waals surface area (Å²) in [5.74, 6) is 0.756. The van der Waals surface area contributed by atoms with Gasteiger partial charge in [0.25, 0.3) is 0 Å². The first-order valence-corrected chi connectivity index (χ1v) is 8.40. The van der Waals surface area contributed by atoms with Crippen molar-refractivity contribution < 1.29 is 9.53 Å². The van der Waals surface area contributed by atoms with Crippen molar-refractivity contribution >= 4 is 11.5 Å². The van der Waals surface area contributed by atoms with E-state index in [4.69, 9.17) is 4.74 Å². The van der Waals surface area contributed by atoms with Gasteiger partial charge in [0.05, 0.1) is 6.04 Å². The van der Waals surface area contributed by atoms with Crippen LogP contribution in [-0.4, -0.2) is 11.9 Å². The summed E-state index contributed by atoms with van der Waals surface area (Å²) in [5, 5.41) is 3.46. The van der Waals surface area contributed by atoms with Gasteiger partial charge < -0.3 is 10.1 Å². The van der Waals surface area contributed by atoms with Crippen LogP contribution in [0.25, 0.3) is 0 Å². The van der Waals surface area contributed by atoms with Gasteiger partial charge in [-0.05, 0) is 25.1 Å². The van der Waals surface area contributed by atoms with Crippen molar-refractivity contribution in [1.82, 2.24) is 0 Å². The monoisotopic (exact) mass is 329 g/mol. The summed E-state index contributed by atoms with van der Waals surface area (Å²) in [7, 11) is 0. The zero-order chi connectivity index (χ0) is 17.2. The maximum absolute atomic E-state index is 13.1. The van der Waals surface area contributed by atoms with Crippen molar-refractivity contribution in [2.24, 2.45) is 0 Å². The fourth-order valence-electron chi connectivity index (χ4n) is 3.17. The average molecular weight is 329 g/mol. The summed E-state index contributed by atoms with van der Waals surface area (Å²) in [6.07, 6.45) is -0.583. The van der Waals surface area contributed by atoms with Gasteiger partial charge in [0.1, 0.15) is 5.75 Å². The van der Waals surface area contributed by atoms with E-state index in [1.165, 1.54) is 0 Å². The number of anilines is 1. The van der Waals surface area contributed by atoms with Gasteiger partial charge in [0, 0.05) is 16.8 Å². The first-order valence-electron chi connectivity index (χ1n) is 8.40. The van der Waals surface area contributed by atoms with Crippen LogP contribution in [0.15, 0.2) is 78.9 Å². The SMILES string of the molecule is Cc1ccc(C(=O)C2Oc3ccccc3C2Nc2ccccc2)cc1. The number of hydrogen-bond acceptors (Lipinski definition) is 3. The molecular formula is C22H19NO2. The third kappa shape index (κ3) is 3.01. The number of nitrogens with one attached hydrogen (secondary N) is 1. The molecule has 0 saturated heterocycles. The number of hydrogen-bond donors (Lipinski definition) is 1. The van der Waals surface area contributed by atoms with Gasteiger partial charge in [-0.2, -0.15) is 0 Å². The number of Topliss-reactive ketones (excluding diaryl/α,β-unsaturated/α-hetero) is 1. The van der Waals surface area contributed by atoms with Gasteiger partial charge in [-0.1, -0.05) is 66.2 Å². The lowest BCUT2D eigenvalue weighted by Gasteiger charge is -2.20. The Balaban J connectivity index is 1.68. The lowest BCUT2D eigenvalue weighted by Crippen LogP contribution is -2.33. The summed E-state index contributed by atoms with van der Waals surface area (Å²) in [5.41, 5.74) is 3.78. The van der Waals surface area contributed by atoms with Crippen LogP contribution in [0.1, 0.15) is 27.5 Å². The molecule has 0 aliphatic carbocycles. The second-order valence-corrected chi connectivity index (χ2v) is 6.29. The van der Waals surface area contributed by atoms with E-state index in [2.05, 4.69) is 5.32 Å². The average Bonchev–Trinajstić information content (AvgIpc) is 3.01. The number of carbonyl (C=O) groups excluding carboxylic acids is 1. The van der Waals surface area contributed by atoms with Crippen LogP contribution in [0, 0.1) is 6.92 Å². The van der Waals surface area contributed by atoms with Gasteiger partial charge in [-0.25, -0.2) is 0 Å². The van der Waals surface area contributed by atoms with E-state index >= 15 is 0 Å². The molecule has 124 valence electrons. The molecule has 3 nitrogen and oxygen atoms in total. The van der Waals surface area contributed by atoms with Crippen LogP contribution in [0.3, 0.4) is 0 Å². The van der Waals surface area contributed by atoms with Gasteiger partial charge >= 0.3 is 0 Å². The highest BCUT2D eigenvalue weighted by molar-refractivity contribution is 6.01. The molecule has 3 aromatic carbocycles. The topological polar surface area (TPSA) is 38.3 Å². The number of benzene rings is 3. The summed E-state index contributed by atoms with van der Waals surface area (Å²) in [6, 6.07) is 25.2. The van der Waals surface area contributed by atoms with E-state index in [9.17, 15) is 4.79 Å². The first-order chi connectivity index (χ1) is 12.2. The van der Waals surface area contributed by atoms with Crippen molar-refractivity contribution in [1.29, 1.82) is 0 Å². The number of ether oxygens (including phenoxy) is 1. The lowest BCUT2D eigenvalue weighted by molar-refractivity contribution is 0.0802. The van der Waals surface area contributed by atoms with Crippen molar-refractivity contribution in [3.05, 3.63) is 95.6 Å². The number of rotatable bonds is 4. The van der Waals surface area contributed by atoms with Gasteiger partial charge in [-0.15, -0.1) is 0 Å². The van der Waals surface area contributed by atoms with E-state index in [0.717, 1.165) is 22.6 Å². The molecular weight excluding hydrogens is 310 g/mol. The molecule has 25 heavy (non-hydrogen) atoms. The van der Waals surface area contributed by atoms with Crippen molar-refractivity contribution in [3.8, 4) is 5.75 Å². The highest BCUT2D eigenvalue weighted by atomic mass is 16.5.